The first kappa shape index (κ1) is 16.7. The zero-order valence-electron chi connectivity index (χ0n) is 13.8. The van der Waals surface area contributed by atoms with Crippen LogP contribution in [-0.2, 0) is 6.54 Å². The van der Waals surface area contributed by atoms with Gasteiger partial charge in [0.1, 0.15) is 5.52 Å². The van der Waals surface area contributed by atoms with E-state index < -0.39 is 0 Å². The number of amides is 1. The Labute approximate surface area is 157 Å². The van der Waals surface area contributed by atoms with Gasteiger partial charge in [0.05, 0.1) is 22.0 Å². The number of carbonyl (C=O) groups excluding carboxylic acids is 1. The summed E-state index contributed by atoms with van der Waals surface area (Å²) < 4.78 is 7.82. The summed E-state index contributed by atoms with van der Waals surface area (Å²) in [5, 5.41) is 9.09. The summed E-state index contributed by atoms with van der Waals surface area (Å²) in [5.41, 5.74) is 1.33. The number of halogens is 1. The number of para-hydroxylation sites is 1. The molecule has 132 valence electrons. The van der Waals surface area contributed by atoms with Crippen molar-refractivity contribution in [1.82, 2.24) is 19.9 Å². The minimum atomic E-state index is -0.298. The van der Waals surface area contributed by atoms with Crippen molar-refractivity contribution in [3.8, 4) is 0 Å². The van der Waals surface area contributed by atoms with Crippen LogP contribution in [0.1, 0.15) is 16.2 Å². The number of hydrogen-bond donors (Lipinski definition) is 0. The van der Waals surface area contributed by atoms with Crippen molar-refractivity contribution in [2.75, 3.05) is 11.4 Å². The second kappa shape index (κ2) is 6.89. The van der Waals surface area contributed by atoms with Gasteiger partial charge in [-0.2, -0.15) is 5.10 Å². The summed E-state index contributed by atoms with van der Waals surface area (Å²) in [6.45, 7) is 2.68. The summed E-state index contributed by atoms with van der Waals surface area (Å²) in [5.74, 6) is -0.124. The molecule has 0 aliphatic carbocycles. The molecule has 3 heterocycles. The topological polar surface area (TPSA) is 77.0 Å². The van der Waals surface area contributed by atoms with Crippen molar-refractivity contribution in [1.29, 1.82) is 0 Å². The third-order valence-electron chi connectivity index (χ3n) is 3.79. The van der Waals surface area contributed by atoms with Crippen LogP contribution in [0, 0.1) is 6.92 Å². The molecule has 9 heteroatoms. The highest BCUT2D eigenvalue weighted by Gasteiger charge is 2.25. The van der Waals surface area contributed by atoms with Crippen LogP contribution in [0.15, 0.2) is 47.2 Å². The number of anilines is 1. The summed E-state index contributed by atoms with van der Waals surface area (Å²) in [4.78, 5) is 19.1. The number of fused-ring (bicyclic) bond motifs is 1. The van der Waals surface area contributed by atoms with E-state index >= 15 is 0 Å². The molecule has 4 aromatic rings. The second-order valence-electron chi connectivity index (χ2n) is 5.64. The van der Waals surface area contributed by atoms with Crippen LogP contribution in [0.4, 0.5) is 5.13 Å². The summed E-state index contributed by atoms with van der Waals surface area (Å²) in [6.07, 6.45) is 3.54. The summed E-state index contributed by atoms with van der Waals surface area (Å²) >= 11 is 7.64. The Morgan fingerprint density at radius 3 is 2.96 bits per heavy atom. The maximum Gasteiger partial charge on any atom is 0.298 e. The molecule has 0 bridgehead atoms. The van der Waals surface area contributed by atoms with Gasteiger partial charge in [-0.3, -0.25) is 14.4 Å². The molecule has 0 atom stereocenters. The van der Waals surface area contributed by atoms with Gasteiger partial charge in [-0.25, -0.2) is 4.98 Å². The van der Waals surface area contributed by atoms with Crippen molar-refractivity contribution >= 4 is 44.2 Å². The van der Waals surface area contributed by atoms with E-state index in [1.807, 2.05) is 24.4 Å². The smallest absolute Gasteiger partial charge is 0.298 e. The minimum absolute atomic E-state index is 0.174. The molecule has 0 radical (unpaired) electrons. The van der Waals surface area contributed by atoms with E-state index in [2.05, 4.69) is 15.2 Å². The molecule has 26 heavy (non-hydrogen) atoms. The zero-order valence-corrected chi connectivity index (χ0v) is 15.4. The lowest BCUT2D eigenvalue weighted by Gasteiger charge is -2.18. The van der Waals surface area contributed by atoms with E-state index in [0.29, 0.717) is 34.5 Å². The minimum Gasteiger partial charge on any atom is -0.351 e. The lowest BCUT2D eigenvalue weighted by atomic mass is 10.3. The molecule has 0 fully saturated rings. The van der Waals surface area contributed by atoms with Gasteiger partial charge in [0.25, 0.3) is 5.91 Å². The number of hydrogen-bond acceptors (Lipinski definition) is 6. The number of aromatic nitrogens is 4. The largest absolute Gasteiger partial charge is 0.351 e. The molecule has 0 aliphatic heterocycles. The first-order valence-electron chi connectivity index (χ1n) is 7.89. The van der Waals surface area contributed by atoms with Gasteiger partial charge in [0, 0.05) is 25.0 Å². The summed E-state index contributed by atoms with van der Waals surface area (Å²) in [6, 6.07) is 9.02. The number of rotatable bonds is 5. The third kappa shape index (κ3) is 3.21. The van der Waals surface area contributed by atoms with E-state index in [1.165, 1.54) is 11.3 Å². The molecule has 0 saturated carbocycles. The SMILES string of the molecule is Cc1cc(C(=O)N(CCn2cccn2)c2nc3c(Cl)cccc3s2)on1. The van der Waals surface area contributed by atoms with Crippen LogP contribution in [0.2, 0.25) is 5.02 Å². The van der Waals surface area contributed by atoms with Gasteiger partial charge in [-0.1, -0.05) is 34.2 Å². The molecular formula is C17H14ClN5O2S. The Balaban J connectivity index is 1.70. The molecule has 0 N–H and O–H groups in total. The van der Waals surface area contributed by atoms with Crippen molar-refractivity contribution in [2.24, 2.45) is 0 Å². The lowest BCUT2D eigenvalue weighted by Crippen LogP contribution is -2.33. The first-order valence-corrected chi connectivity index (χ1v) is 9.09. The van der Waals surface area contributed by atoms with Crippen molar-refractivity contribution in [3.05, 3.63) is 59.2 Å². The van der Waals surface area contributed by atoms with E-state index in [9.17, 15) is 4.79 Å². The monoisotopic (exact) mass is 387 g/mol. The van der Waals surface area contributed by atoms with E-state index in [0.717, 1.165) is 4.70 Å². The normalized spacial score (nSPS) is 11.2. The van der Waals surface area contributed by atoms with Gasteiger partial charge in [-0.05, 0) is 25.1 Å². The van der Waals surface area contributed by atoms with E-state index in [4.69, 9.17) is 16.1 Å². The number of benzene rings is 1. The predicted molar refractivity (Wildman–Crippen MR) is 99.8 cm³/mol. The molecule has 0 saturated heterocycles. The fraction of sp³-hybridized carbons (Fsp3) is 0.176. The zero-order chi connectivity index (χ0) is 18.1. The first-order chi connectivity index (χ1) is 12.6. The van der Waals surface area contributed by atoms with Gasteiger partial charge in [-0.15, -0.1) is 0 Å². The number of nitrogens with zero attached hydrogens (tertiary/aromatic N) is 5. The third-order valence-corrected chi connectivity index (χ3v) is 5.13. The number of aryl methyl sites for hydroxylation is 1. The predicted octanol–water partition coefficient (Wildman–Crippen LogP) is 3.79. The quantitative estimate of drug-likeness (QED) is 0.520. The number of thiazole rings is 1. The Hall–Kier alpha value is -2.71. The highest BCUT2D eigenvalue weighted by molar-refractivity contribution is 7.22. The standard InChI is InChI=1S/C17H14ClN5O2S/c1-11-10-13(25-21-11)16(24)23(9-8-22-7-3-6-19-22)17-20-15-12(18)4-2-5-14(15)26-17/h2-7,10H,8-9H2,1H3. The molecule has 0 spiro atoms. The van der Waals surface area contributed by atoms with Gasteiger partial charge < -0.3 is 4.52 Å². The average Bonchev–Trinajstić information content (AvgIpc) is 3.35. The highest BCUT2D eigenvalue weighted by Crippen LogP contribution is 2.33. The van der Waals surface area contributed by atoms with Crippen molar-refractivity contribution < 1.29 is 9.32 Å². The average molecular weight is 388 g/mol. The molecule has 0 unspecified atom stereocenters. The van der Waals surface area contributed by atoms with Crippen LogP contribution in [0.5, 0.6) is 0 Å². The maximum absolute atomic E-state index is 13.0. The molecule has 7 nitrogen and oxygen atoms in total. The van der Waals surface area contributed by atoms with Crippen LogP contribution in [0.3, 0.4) is 0 Å². The van der Waals surface area contributed by atoms with E-state index in [1.54, 1.807) is 34.8 Å². The lowest BCUT2D eigenvalue weighted by molar-refractivity contribution is 0.0950. The fourth-order valence-corrected chi connectivity index (χ4v) is 3.83. The molecule has 3 aromatic heterocycles. The Morgan fingerprint density at radius 2 is 2.27 bits per heavy atom. The van der Waals surface area contributed by atoms with Crippen LogP contribution < -0.4 is 4.90 Å². The van der Waals surface area contributed by atoms with Crippen molar-refractivity contribution in [3.63, 3.8) is 0 Å². The number of carbonyl (C=O) groups is 1. The molecule has 1 aromatic carbocycles. The second-order valence-corrected chi connectivity index (χ2v) is 7.06. The van der Waals surface area contributed by atoms with Gasteiger partial charge >= 0.3 is 0 Å². The van der Waals surface area contributed by atoms with E-state index in [-0.39, 0.29) is 11.7 Å². The maximum atomic E-state index is 13.0. The molecule has 0 aliphatic rings. The van der Waals surface area contributed by atoms with Crippen LogP contribution in [-0.4, -0.2) is 32.4 Å². The van der Waals surface area contributed by atoms with Gasteiger partial charge in [0.15, 0.2) is 5.13 Å². The van der Waals surface area contributed by atoms with Crippen LogP contribution >= 0.6 is 22.9 Å². The Bertz CT molecular complexity index is 1060. The Kier molecular flexibility index (Phi) is 4.44. The van der Waals surface area contributed by atoms with Crippen LogP contribution in [0.25, 0.3) is 10.2 Å². The van der Waals surface area contributed by atoms with Crippen molar-refractivity contribution in [2.45, 2.75) is 13.5 Å². The molecule has 1 amide bonds. The summed E-state index contributed by atoms with van der Waals surface area (Å²) in [7, 11) is 0. The Morgan fingerprint density at radius 1 is 1.38 bits per heavy atom. The molecular weight excluding hydrogens is 374 g/mol. The molecule has 4 rings (SSSR count). The van der Waals surface area contributed by atoms with Gasteiger partial charge in [0.2, 0.25) is 5.76 Å². The highest BCUT2D eigenvalue weighted by atomic mass is 35.5. The fourth-order valence-electron chi connectivity index (χ4n) is 2.54.